The molecule has 2 rings (SSSR count). The first-order valence-corrected chi connectivity index (χ1v) is 7.46. The first-order chi connectivity index (χ1) is 10.0. The zero-order valence-electron chi connectivity index (χ0n) is 11.0. The van der Waals surface area contributed by atoms with Gasteiger partial charge in [-0.15, -0.1) is 0 Å². The molecule has 0 unspecified atom stereocenters. The number of nitrogens with one attached hydrogen (secondary N) is 1. The van der Waals surface area contributed by atoms with Gasteiger partial charge in [0.25, 0.3) is 11.8 Å². The van der Waals surface area contributed by atoms with E-state index in [0.29, 0.717) is 0 Å². The molecule has 1 saturated heterocycles. The van der Waals surface area contributed by atoms with Crippen LogP contribution >= 0.6 is 7.82 Å². The quantitative estimate of drug-likeness (QED) is 0.376. The van der Waals surface area contributed by atoms with Gasteiger partial charge in [0.05, 0.1) is 0 Å². The topological polar surface area (TPSA) is 149 Å². The Morgan fingerprint density at radius 1 is 1.55 bits per heavy atom. The normalized spacial score (nSPS) is 35.9. The van der Waals surface area contributed by atoms with E-state index < -0.39 is 44.6 Å². The molecule has 0 bridgehead atoms. The van der Waals surface area contributed by atoms with E-state index in [9.17, 15) is 24.0 Å². The van der Waals surface area contributed by atoms with E-state index in [0.717, 1.165) is 17.2 Å². The number of phosphoric ester groups is 1. The van der Waals surface area contributed by atoms with Crippen LogP contribution in [-0.2, 0) is 18.6 Å². The van der Waals surface area contributed by atoms with Crippen molar-refractivity contribution in [3.63, 3.8) is 0 Å². The van der Waals surface area contributed by atoms with Gasteiger partial charge in [0.1, 0.15) is 24.6 Å². The number of phosphoric acid groups is 1. The van der Waals surface area contributed by atoms with E-state index >= 15 is 0 Å². The molecule has 0 spiro atoms. The number of carbonyl (C=O) groups is 1. The summed E-state index contributed by atoms with van der Waals surface area (Å²) in [5.74, 6) is -3.59. The molecule has 0 radical (unpaired) electrons. The lowest BCUT2D eigenvalue weighted by molar-refractivity contribution is -0.207. The van der Waals surface area contributed by atoms with Crippen LogP contribution < -0.4 is 5.32 Å². The molecule has 124 valence electrons. The molecule has 0 aromatic rings. The third-order valence-corrected chi connectivity index (χ3v) is 3.51. The van der Waals surface area contributed by atoms with E-state index in [2.05, 4.69) is 16.4 Å². The summed E-state index contributed by atoms with van der Waals surface area (Å²) in [6.07, 6.45) is -3.20. The molecule has 2 aliphatic heterocycles. The van der Waals surface area contributed by atoms with Gasteiger partial charge in [-0.05, 0) is 0 Å². The highest BCUT2D eigenvalue weighted by atomic mass is 31.2. The first kappa shape index (κ1) is 17.0. The maximum absolute atomic E-state index is 14.4. The number of nitrogens with zero attached hydrogens (tertiary/aromatic N) is 1. The summed E-state index contributed by atoms with van der Waals surface area (Å²) in [6, 6.07) is 0. The van der Waals surface area contributed by atoms with E-state index in [1.807, 2.05) is 0 Å². The Kier molecular flexibility index (Phi) is 4.42. The van der Waals surface area contributed by atoms with Crippen molar-refractivity contribution in [3.8, 4) is 0 Å². The van der Waals surface area contributed by atoms with Crippen molar-refractivity contribution in [1.29, 1.82) is 0 Å². The summed E-state index contributed by atoms with van der Waals surface area (Å²) in [6.45, 7) is 2.17. The predicted octanol–water partition coefficient (Wildman–Crippen LogP) is -1.74. The highest BCUT2D eigenvalue weighted by Crippen LogP contribution is 2.42. The molecule has 4 atom stereocenters. The van der Waals surface area contributed by atoms with Crippen LogP contribution in [0.25, 0.3) is 0 Å². The maximum atomic E-state index is 14.4. The second-order valence-electron chi connectivity index (χ2n) is 4.65. The summed E-state index contributed by atoms with van der Waals surface area (Å²) in [5, 5.41) is 21.8. The minimum absolute atomic E-state index is 0.0380. The van der Waals surface area contributed by atoms with Crippen molar-refractivity contribution < 1.29 is 43.0 Å². The van der Waals surface area contributed by atoms with E-state index in [-0.39, 0.29) is 5.82 Å². The van der Waals surface area contributed by atoms with Gasteiger partial charge in [-0.1, -0.05) is 6.58 Å². The molecule has 0 aliphatic carbocycles. The second kappa shape index (κ2) is 5.70. The van der Waals surface area contributed by atoms with Crippen LogP contribution in [-0.4, -0.2) is 61.7 Å². The van der Waals surface area contributed by atoms with Crippen molar-refractivity contribution in [2.24, 2.45) is 0 Å². The maximum Gasteiger partial charge on any atom is 0.469 e. The third kappa shape index (κ3) is 3.36. The summed E-state index contributed by atoms with van der Waals surface area (Å²) >= 11 is 0. The van der Waals surface area contributed by atoms with Crippen molar-refractivity contribution in [1.82, 2.24) is 10.2 Å². The summed E-state index contributed by atoms with van der Waals surface area (Å²) in [5.41, 5.74) is 0. The van der Waals surface area contributed by atoms with Gasteiger partial charge in [-0.3, -0.25) is 9.32 Å². The first-order valence-electron chi connectivity index (χ1n) is 5.93. The van der Waals surface area contributed by atoms with E-state index in [1.165, 1.54) is 0 Å². The SMILES string of the molecule is C=C1NC(=O)C=CN1[C@@H]1O[C@](F)(COP(=O)(O)O)[C@@H](O)[C@H]1O. The Balaban J connectivity index is 2.16. The number of hydrogen-bond acceptors (Lipinski definition) is 7. The highest BCUT2D eigenvalue weighted by molar-refractivity contribution is 7.46. The molecule has 5 N–H and O–H groups in total. The van der Waals surface area contributed by atoms with Crippen LogP contribution in [0, 0.1) is 0 Å². The Bertz CT molecular complexity index is 565. The van der Waals surface area contributed by atoms with Crippen LogP contribution in [0.3, 0.4) is 0 Å². The van der Waals surface area contributed by atoms with Crippen molar-refractivity contribution >= 4 is 13.7 Å². The fraction of sp³-hybridized carbons (Fsp3) is 0.500. The number of halogens is 1. The zero-order valence-corrected chi connectivity index (χ0v) is 11.9. The van der Waals surface area contributed by atoms with Gasteiger partial charge < -0.3 is 35.0 Å². The zero-order chi connectivity index (χ0) is 16.7. The van der Waals surface area contributed by atoms with Gasteiger partial charge in [-0.25, -0.2) is 8.96 Å². The molecule has 0 aromatic heterocycles. The summed E-state index contributed by atoms with van der Waals surface area (Å²) in [7, 11) is -4.99. The van der Waals surface area contributed by atoms with Gasteiger partial charge in [0, 0.05) is 12.3 Å². The number of ether oxygens (including phenoxy) is 1. The molecule has 10 nitrogen and oxygen atoms in total. The van der Waals surface area contributed by atoms with Crippen molar-refractivity contribution in [2.75, 3.05) is 6.61 Å². The van der Waals surface area contributed by atoms with Crippen molar-refractivity contribution in [3.05, 3.63) is 24.7 Å². The molecule has 1 amide bonds. The number of carbonyl (C=O) groups excluding carboxylic acids is 1. The molecule has 12 heteroatoms. The van der Waals surface area contributed by atoms with Crippen LogP contribution in [0.15, 0.2) is 24.7 Å². The van der Waals surface area contributed by atoms with Gasteiger partial charge in [0.15, 0.2) is 6.23 Å². The lowest BCUT2D eigenvalue weighted by atomic mass is 10.1. The number of rotatable bonds is 4. The minimum Gasteiger partial charge on any atom is -0.385 e. The molecule has 1 fully saturated rings. The molecule has 0 aromatic carbocycles. The van der Waals surface area contributed by atoms with Gasteiger partial charge >= 0.3 is 7.82 Å². The van der Waals surface area contributed by atoms with Crippen LogP contribution in [0.2, 0.25) is 0 Å². The molecule has 22 heavy (non-hydrogen) atoms. The predicted molar refractivity (Wildman–Crippen MR) is 67.0 cm³/mol. The smallest absolute Gasteiger partial charge is 0.385 e. The average Bonchev–Trinajstić information content (AvgIpc) is 2.61. The van der Waals surface area contributed by atoms with Crippen LogP contribution in [0.4, 0.5) is 4.39 Å². The van der Waals surface area contributed by atoms with Crippen molar-refractivity contribution in [2.45, 2.75) is 24.3 Å². The number of hydrogen-bond donors (Lipinski definition) is 5. The highest BCUT2D eigenvalue weighted by Gasteiger charge is 2.58. The number of alkyl halides is 1. The Morgan fingerprint density at radius 2 is 2.18 bits per heavy atom. The summed E-state index contributed by atoms with van der Waals surface area (Å²) < 4.78 is 33.9. The monoisotopic (exact) mass is 340 g/mol. The molecule has 2 aliphatic rings. The minimum atomic E-state index is -4.99. The van der Waals surface area contributed by atoms with Crippen LogP contribution in [0.5, 0.6) is 0 Å². The fourth-order valence-electron chi connectivity index (χ4n) is 1.99. The van der Waals surface area contributed by atoms with Gasteiger partial charge in [0.2, 0.25) is 0 Å². The Labute approximate surface area is 123 Å². The Hall–Kier alpha value is -1.33. The van der Waals surface area contributed by atoms with Crippen LogP contribution in [0.1, 0.15) is 0 Å². The molecule has 2 heterocycles. The second-order valence-corrected chi connectivity index (χ2v) is 5.89. The average molecular weight is 340 g/mol. The number of aliphatic hydroxyl groups is 2. The lowest BCUT2D eigenvalue weighted by Crippen LogP contribution is -2.46. The molecular formula is C10H14FN2O8P. The largest absolute Gasteiger partial charge is 0.469 e. The fourth-order valence-corrected chi connectivity index (χ4v) is 2.33. The Morgan fingerprint density at radius 3 is 2.73 bits per heavy atom. The number of aliphatic hydroxyl groups excluding tert-OH is 2. The third-order valence-electron chi connectivity index (χ3n) is 3.04. The number of amides is 1. The van der Waals surface area contributed by atoms with E-state index in [4.69, 9.17) is 14.5 Å². The lowest BCUT2D eigenvalue weighted by Gasteiger charge is -2.32. The standard InChI is InChI=1S/C10H14FN2O8P/c1-5-12-6(14)2-3-13(5)9-7(15)8(16)10(11,21-9)4-20-22(17,18)19/h2-3,7-9,15-16H,1,4H2,(H,12,14)(H2,17,18,19)/t7-,8+,9-,10-/m1/s1. The van der Waals surface area contributed by atoms with Gasteiger partial charge in [-0.2, -0.15) is 0 Å². The molecule has 0 saturated carbocycles. The molecular weight excluding hydrogens is 326 g/mol. The summed E-state index contributed by atoms with van der Waals surface area (Å²) in [4.78, 5) is 29.3. The van der Waals surface area contributed by atoms with E-state index in [1.54, 1.807) is 0 Å².